The Balaban J connectivity index is 2.68. The molecule has 1 N–H and O–H groups in total. The molecule has 1 fully saturated rings. The van der Waals surface area contributed by atoms with Crippen LogP contribution in [0.15, 0.2) is 0 Å². The van der Waals surface area contributed by atoms with Crippen molar-refractivity contribution < 1.29 is 23.3 Å². The van der Waals surface area contributed by atoms with Crippen molar-refractivity contribution in [2.45, 2.75) is 24.4 Å². The molecule has 4 nitrogen and oxygen atoms in total. The van der Waals surface area contributed by atoms with E-state index in [9.17, 15) is 9.28 Å². The van der Waals surface area contributed by atoms with Crippen LogP contribution in [0.3, 0.4) is 0 Å². The highest BCUT2D eigenvalue weighted by Crippen LogP contribution is 2.43. The van der Waals surface area contributed by atoms with Gasteiger partial charge in [0.15, 0.2) is 6.49 Å². The lowest BCUT2D eigenvalue weighted by atomic mass is 9.94. The van der Waals surface area contributed by atoms with E-state index in [2.05, 4.69) is 0 Å². The Morgan fingerprint density at radius 2 is 2.27 bits per heavy atom. The Morgan fingerprint density at radius 1 is 1.67 bits per heavy atom. The molecule has 1 unspecified atom stereocenters. The van der Waals surface area contributed by atoms with Crippen LogP contribution >= 0.6 is 6.49 Å². The number of rotatable bonds is 4. The van der Waals surface area contributed by atoms with Crippen LogP contribution in [0.25, 0.3) is 0 Å². The van der Waals surface area contributed by atoms with Gasteiger partial charge in [-0.25, -0.2) is 4.39 Å². The third-order valence-electron chi connectivity index (χ3n) is 1.97. The standard InChI is InChI=1S/C7H13BFO4PS/c1-11-3-4-6(13-14(2,10)15)5(9)7(8)12-4/h4-7H,3H2,1-2H3,(H,10,15)/t4-,5-,6-,7-,14?/m1/s1. The van der Waals surface area contributed by atoms with Gasteiger partial charge in [0.1, 0.15) is 26.2 Å². The first-order valence-corrected chi connectivity index (χ1v) is 7.50. The lowest BCUT2D eigenvalue weighted by Gasteiger charge is -2.22. The summed E-state index contributed by atoms with van der Waals surface area (Å²) < 4.78 is 28.5. The van der Waals surface area contributed by atoms with Crippen molar-refractivity contribution in [3.05, 3.63) is 0 Å². The lowest BCUT2D eigenvalue weighted by molar-refractivity contribution is -0.0105. The van der Waals surface area contributed by atoms with Crippen molar-refractivity contribution in [1.82, 2.24) is 0 Å². The molecule has 2 radical (unpaired) electrons. The van der Waals surface area contributed by atoms with E-state index in [1.54, 1.807) is 0 Å². The molecule has 0 bridgehead atoms. The summed E-state index contributed by atoms with van der Waals surface area (Å²) in [5, 5.41) is 0. The minimum atomic E-state index is -2.94. The summed E-state index contributed by atoms with van der Waals surface area (Å²) in [7, 11) is 6.83. The van der Waals surface area contributed by atoms with Gasteiger partial charge in [-0.05, 0) is 11.8 Å². The maximum atomic E-state index is 13.5. The highest BCUT2D eigenvalue weighted by Gasteiger charge is 2.44. The zero-order valence-electron chi connectivity index (χ0n) is 8.50. The van der Waals surface area contributed by atoms with E-state index in [-0.39, 0.29) is 6.61 Å². The van der Waals surface area contributed by atoms with Crippen LogP contribution in [-0.4, -0.2) is 57.5 Å². The SMILES string of the molecule is [B][C@@H]1O[C@H](COC)[C@@H](OP(C)(O)=S)[C@H]1F. The molecule has 0 aromatic heterocycles. The minimum Gasteiger partial charge on any atom is -0.382 e. The van der Waals surface area contributed by atoms with Gasteiger partial charge in [-0.15, -0.1) is 0 Å². The first-order valence-electron chi connectivity index (χ1n) is 4.38. The molecule has 1 saturated heterocycles. The first-order chi connectivity index (χ1) is 6.85. The van der Waals surface area contributed by atoms with Gasteiger partial charge in [-0.2, -0.15) is 0 Å². The van der Waals surface area contributed by atoms with Gasteiger partial charge in [0, 0.05) is 13.8 Å². The van der Waals surface area contributed by atoms with E-state index in [0.29, 0.717) is 0 Å². The van der Waals surface area contributed by atoms with Crippen molar-refractivity contribution in [2.24, 2.45) is 0 Å². The molecule has 1 aliphatic rings. The molecular formula is C7H13BFO4PS. The maximum absolute atomic E-state index is 13.5. The molecular weight excluding hydrogens is 241 g/mol. The monoisotopic (exact) mass is 254 g/mol. The number of hydrogen-bond acceptors (Lipinski definition) is 4. The number of halogens is 1. The zero-order valence-corrected chi connectivity index (χ0v) is 10.2. The third-order valence-corrected chi connectivity index (χ3v) is 2.87. The van der Waals surface area contributed by atoms with E-state index >= 15 is 0 Å². The summed E-state index contributed by atoms with van der Waals surface area (Å²) in [4.78, 5) is 9.37. The van der Waals surface area contributed by atoms with Gasteiger partial charge in [-0.3, -0.25) is 0 Å². The fourth-order valence-electron chi connectivity index (χ4n) is 1.40. The Bertz CT molecular complexity index is 263. The quantitative estimate of drug-likeness (QED) is 0.573. The molecule has 1 heterocycles. The number of alkyl halides is 1. The van der Waals surface area contributed by atoms with Gasteiger partial charge in [-0.1, -0.05) is 0 Å². The second-order valence-corrected chi connectivity index (χ2v) is 7.26. The van der Waals surface area contributed by atoms with Crippen LogP contribution in [0.4, 0.5) is 4.39 Å². The Kier molecular flexibility index (Phi) is 4.71. The zero-order chi connectivity index (χ0) is 11.6. The van der Waals surface area contributed by atoms with E-state index < -0.39 is 30.9 Å². The largest absolute Gasteiger partial charge is 0.382 e. The van der Waals surface area contributed by atoms with Crippen LogP contribution in [0.2, 0.25) is 0 Å². The summed E-state index contributed by atoms with van der Waals surface area (Å²) in [6.07, 6.45) is -3.09. The topological polar surface area (TPSA) is 47.9 Å². The first kappa shape index (κ1) is 13.5. The van der Waals surface area contributed by atoms with Crippen molar-refractivity contribution in [1.29, 1.82) is 0 Å². The van der Waals surface area contributed by atoms with Crippen LogP contribution in [0.5, 0.6) is 0 Å². The van der Waals surface area contributed by atoms with Crippen LogP contribution in [0.1, 0.15) is 0 Å². The van der Waals surface area contributed by atoms with Crippen molar-refractivity contribution in [3.63, 3.8) is 0 Å². The Labute approximate surface area is 94.7 Å². The number of ether oxygens (including phenoxy) is 2. The Hall–Kier alpha value is 0.485. The molecule has 15 heavy (non-hydrogen) atoms. The summed E-state index contributed by atoms with van der Waals surface area (Å²) in [6, 6.07) is -1.06. The number of hydrogen-bond donors (Lipinski definition) is 1. The smallest absolute Gasteiger partial charge is 0.183 e. The number of methoxy groups -OCH3 is 1. The molecule has 0 spiro atoms. The predicted molar refractivity (Wildman–Crippen MR) is 58.5 cm³/mol. The molecule has 0 aromatic rings. The highest BCUT2D eigenvalue weighted by molar-refractivity contribution is 8.09. The second-order valence-electron chi connectivity index (χ2n) is 3.41. The van der Waals surface area contributed by atoms with Gasteiger partial charge in [0.2, 0.25) is 0 Å². The molecule has 5 atom stereocenters. The fourth-order valence-corrected chi connectivity index (χ4v) is 2.40. The molecule has 1 rings (SSSR count). The van der Waals surface area contributed by atoms with Gasteiger partial charge >= 0.3 is 0 Å². The average Bonchev–Trinajstić information content (AvgIpc) is 2.32. The van der Waals surface area contributed by atoms with Crippen LogP contribution in [0, 0.1) is 0 Å². The Morgan fingerprint density at radius 3 is 2.73 bits per heavy atom. The van der Waals surface area contributed by atoms with E-state index in [0.717, 1.165) is 0 Å². The molecule has 0 aromatic carbocycles. The third kappa shape index (κ3) is 3.77. The summed E-state index contributed by atoms with van der Waals surface area (Å²) in [5.41, 5.74) is 0. The molecule has 0 saturated carbocycles. The van der Waals surface area contributed by atoms with Crippen LogP contribution < -0.4 is 0 Å². The van der Waals surface area contributed by atoms with Crippen molar-refractivity contribution in [3.8, 4) is 0 Å². The average molecular weight is 254 g/mol. The van der Waals surface area contributed by atoms with Crippen molar-refractivity contribution in [2.75, 3.05) is 20.4 Å². The van der Waals surface area contributed by atoms with E-state index in [4.69, 9.17) is 33.7 Å². The summed E-state index contributed by atoms with van der Waals surface area (Å²) >= 11 is 4.69. The lowest BCUT2D eigenvalue weighted by Crippen LogP contribution is -2.33. The van der Waals surface area contributed by atoms with Crippen LogP contribution in [-0.2, 0) is 25.8 Å². The molecule has 0 aliphatic carbocycles. The maximum Gasteiger partial charge on any atom is 0.183 e. The normalized spacial score (nSPS) is 40.3. The second kappa shape index (κ2) is 5.21. The molecule has 8 heteroatoms. The molecule has 1 aliphatic heterocycles. The molecule has 86 valence electrons. The van der Waals surface area contributed by atoms with E-state index in [1.165, 1.54) is 13.8 Å². The van der Waals surface area contributed by atoms with Gasteiger partial charge in [0.05, 0.1) is 12.6 Å². The predicted octanol–water partition coefficient (Wildman–Crippen LogP) is 0.181. The van der Waals surface area contributed by atoms with E-state index in [1.807, 2.05) is 0 Å². The van der Waals surface area contributed by atoms with Crippen molar-refractivity contribution >= 4 is 26.1 Å². The minimum absolute atomic E-state index is 0.147. The molecule has 0 amide bonds. The summed E-state index contributed by atoms with van der Waals surface area (Å²) in [6.45, 7) is -1.44. The van der Waals surface area contributed by atoms with Gasteiger partial charge < -0.3 is 18.9 Å². The van der Waals surface area contributed by atoms with Gasteiger partial charge in [0.25, 0.3) is 0 Å². The highest BCUT2D eigenvalue weighted by atomic mass is 32.5. The fraction of sp³-hybridized carbons (Fsp3) is 1.00. The summed E-state index contributed by atoms with van der Waals surface area (Å²) in [5.74, 6) is 0.